The van der Waals surface area contributed by atoms with Crippen LogP contribution in [-0.4, -0.2) is 28.7 Å². The normalized spacial score (nSPS) is 10.7. The van der Waals surface area contributed by atoms with E-state index in [1.807, 2.05) is 53.2 Å². The zero-order chi connectivity index (χ0) is 16.1. The van der Waals surface area contributed by atoms with Crippen LogP contribution >= 0.6 is 0 Å². The number of hydrogen-bond donors (Lipinski definition) is 0. The van der Waals surface area contributed by atoms with Gasteiger partial charge < -0.3 is 9.47 Å². The Kier molecular flexibility index (Phi) is 4.57. The SMILES string of the molecule is C=CCc1ccc(OCCn2nnc3ccccc32)c(OC)c1. The van der Waals surface area contributed by atoms with Crippen LogP contribution in [0.2, 0.25) is 0 Å². The molecule has 3 rings (SSSR count). The zero-order valence-corrected chi connectivity index (χ0v) is 13.1. The second kappa shape index (κ2) is 6.96. The Morgan fingerprint density at radius 3 is 2.87 bits per heavy atom. The van der Waals surface area contributed by atoms with E-state index in [1.165, 1.54) is 0 Å². The number of rotatable bonds is 7. The summed E-state index contributed by atoms with van der Waals surface area (Å²) in [6, 6.07) is 13.8. The number of fused-ring (bicyclic) bond motifs is 1. The van der Waals surface area contributed by atoms with Crippen molar-refractivity contribution in [3.05, 3.63) is 60.7 Å². The third-order valence-corrected chi connectivity index (χ3v) is 3.59. The highest BCUT2D eigenvalue weighted by molar-refractivity contribution is 5.73. The van der Waals surface area contributed by atoms with Gasteiger partial charge in [-0.05, 0) is 36.2 Å². The van der Waals surface area contributed by atoms with Crippen molar-refractivity contribution in [2.75, 3.05) is 13.7 Å². The Hall–Kier alpha value is -2.82. The number of aromatic nitrogens is 3. The smallest absolute Gasteiger partial charge is 0.161 e. The lowest BCUT2D eigenvalue weighted by molar-refractivity contribution is 0.275. The molecule has 5 nitrogen and oxygen atoms in total. The van der Waals surface area contributed by atoms with Crippen LogP contribution in [0.4, 0.5) is 0 Å². The summed E-state index contributed by atoms with van der Waals surface area (Å²) in [4.78, 5) is 0. The van der Waals surface area contributed by atoms with E-state index in [9.17, 15) is 0 Å². The number of ether oxygens (including phenoxy) is 2. The van der Waals surface area contributed by atoms with Gasteiger partial charge in [0.25, 0.3) is 0 Å². The molecule has 0 aliphatic rings. The molecule has 0 radical (unpaired) electrons. The van der Waals surface area contributed by atoms with Crippen molar-refractivity contribution in [3.63, 3.8) is 0 Å². The summed E-state index contributed by atoms with van der Waals surface area (Å²) in [6.45, 7) is 4.86. The first-order valence-corrected chi connectivity index (χ1v) is 7.50. The van der Waals surface area contributed by atoms with E-state index in [0.29, 0.717) is 13.2 Å². The number of nitrogens with zero attached hydrogens (tertiary/aromatic N) is 3. The van der Waals surface area contributed by atoms with E-state index < -0.39 is 0 Å². The predicted octanol–water partition coefficient (Wildman–Crippen LogP) is 3.25. The Bertz CT molecular complexity index is 811. The molecule has 118 valence electrons. The van der Waals surface area contributed by atoms with Crippen molar-refractivity contribution < 1.29 is 9.47 Å². The molecule has 0 fully saturated rings. The lowest BCUT2D eigenvalue weighted by atomic mass is 10.1. The average molecular weight is 309 g/mol. The molecule has 3 aromatic rings. The summed E-state index contributed by atoms with van der Waals surface area (Å²) in [6.07, 6.45) is 2.67. The first-order valence-electron chi connectivity index (χ1n) is 7.50. The van der Waals surface area contributed by atoms with Crippen molar-refractivity contribution >= 4 is 11.0 Å². The minimum Gasteiger partial charge on any atom is -0.493 e. The maximum Gasteiger partial charge on any atom is 0.161 e. The molecule has 0 saturated heterocycles. The van der Waals surface area contributed by atoms with Crippen LogP contribution in [0.3, 0.4) is 0 Å². The van der Waals surface area contributed by atoms with Gasteiger partial charge in [0.05, 0.1) is 19.2 Å². The van der Waals surface area contributed by atoms with Crippen LogP contribution in [0.15, 0.2) is 55.1 Å². The van der Waals surface area contributed by atoms with Crippen molar-refractivity contribution in [2.45, 2.75) is 13.0 Å². The number of methoxy groups -OCH3 is 1. The molecule has 0 unspecified atom stereocenters. The molecule has 1 aromatic heterocycles. The minimum absolute atomic E-state index is 0.491. The number of hydrogen-bond acceptors (Lipinski definition) is 4. The van der Waals surface area contributed by atoms with Gasteiger partial charge in [-0.25, -0.2) is 4.68 Å². The van der Waals surface area contributed by atoms with Crippen LogP contribution in [-0.2, 0) is 13.0 Å². The summed E-state index contributed by atoms with van der Waals surface area (Å²) in [5.41, 5.74) is 3.04. The van der Waals surface area contributed by atoms with Gasteiger partial charge in [-0.3, -0.25) is 0 Å². The Balaban J connectivity index is 1.67. The summed E-state index contributed by atoms with van der Waals surface area (Å²) in [5, 5.41) is 8.29. The third-order valence-electron chi connectivity index (χ3n) is 3.59. The van der Waals surface area contributed by atoms with Gasteiger partial charge in [-0.1, -0.05) is 29.5 Å². The molecule has 0 aliphatic heterocycles. The fourth-order valence-corrected chi connectivity index (χ4v) is 2.45. The molecule has 0 atom stereocenters. The van der Waals surface area contributed by atoms with E-state index in [1.54, 1.807) is 7.11 Å². The minimum atomic E-state index is 0.491. The molecule has 1 heterocycles. The first-order chi connectivity index (χ1) is 11.3. The lowest BCUT2D eigenvalue weighted by Crippen LogP contribution is -2.10. The van der Waals surface area contributed by atoms with Crippen LogP contribution in [0.25, 0.3) is 11.0 Å². The highest BCUT2D eigenvalue weighted by atomic mass is 16.5. The Morgan fingerprint density at radius 2 is 2.04 bits per heavy atom. The fraction of sp³-hybridized carbons (Fsp3) is 0.222. The molecule has 0 amide bonds. The number of benzene rings is 2. The third kappa shape index (κ3) is 3.34. The maximum absolute atomic E-state index is 5.84. The highest BCUT2D eigenvalue weighted by Gasteiger charge is 2.07. The van der Waals surface area contributed by atoms with Gasteiger partial charge in [-0.15, -0.1) is 11.7 Å². The number of para-hydroxylation sites is 1. The van der Waals surface area contributed by atoms with E-state index in [-0.39, 0.29) is 0 Å². The standard InChI is InChI=1S/C18H19N3O2/c1-3-6-14-9-10-17(18(13-14)22-2)23-12-11-21-16-8-5-4-7-15(16)19-20-21/h3-5,7-10,13H,1,6,11-12H2,2H3. The summed E-state index contributed by atoms with van der Waals surface area (Å²) < 4.78 is 13.1. The van der Waals surface area contributed by atoms with E-state index in [0.717, 1.165) is 34.5 Å². The molecule has 0 spiro atoms. The quantitative estimate of drug-likeness (QED) is 0.629. The lowest BCUT2D eigenvalue weighted by Gasteiger charge is -2.12. The highest BCUT2D eigenvalue weighted by Crippen LogP contribution is 2.28. The maximum atomic E-state index is 5.84. The van der Waals surface area contributed by atoms with Crippen LogP contribution in [0, 0.1) is 0 Å². The second-order valence-corrected chi connectivity index (χ2v) is 5.13. The zero-order valence-electron chi connectivity index (χ0n) is 13.1. The monoisotopic (exact) mass is 309 g/mol. The first kappa shape index (κ1) is 15.1. The van der Waals surface area contributed by atoms with Crippen molar-refractivity contribution in [1.29, 1.82) is 0 Å². The number of allylic oxidation sites excluding steroid dienone is 1. The van der Waals surface area contributed by atoms with Crippen LogP contribution < -0.4 is 9.47 Å². The Labute approximate surface area is 135 Å². The van der Waals surface area contributed by atoms with Gasteiger partial charge in [0.15, 0.2) is 11.5 Å². The summed E-state index contributed by atoms with van der Waals surface area (Å²) >= 11 is 0. The molecule has 23 heavy (non-hydrogen) atoms. The van der Waals surface area contributed by atoms with Gasteiger partial charge in [0.2, 0.25) is 0 Å². The molecule has 0 bridgehead atoms. The van der Waals surface area contributed by atoms with E-state index >= 15 is 0 Å². The van der Waals surface area contributed by atoms with E-state index in [2.05, 4.69) is 16.9 Å². The molecule has 5 heteroatoms. The average Bonchev–Trinajstić information content (AvgIpc) is 2.99. The molecule has 0 N–H and O–H groups in total. The topological polar surface area (TPSA) is 49.2 Å². The summed E-state index contributed by atoms with van der Waals surface area (Å²) in [5.74, 6) is 1.46. The second-order valence-electron chi connectivity index (χ2n) is 5.13. The summed E-state index contributed by atoms with van der Waals surface area (Å²) in [7, 11) is 1.64. The largest absolute Gasteiger partial charge is 0.493 e. The molecule has 2 aromatic carbocycles. The van der Waals surface area contributed by atoms with Crippen molar-refractivity contribution in [1.82, 2.24) is 15.0 Å². The van der Waals surface area contributed by atoms with Crippen molar-refractivity contribution in [2.24, 2.45) is 0 Å². The van der Waals surface area contributed by atoms with Gasteiger partial charge >= 0.3 is 0 Å². The fourth-order valence-electron chi connectivity index (χ4n) is 2.45. The molecular weight excluding hydrogens is 290 g/mol. The van der Waals surface area contributed by atoms with Crippen LogP contribution in [0.5, 0.6) is 11.5 Å². The predicted molar refractivity (Wildman–Crippen MR) is 89.9 cm³/mol. The van der Waals surface area contributed by atoms with Gasteiger partial charge in [0, 0.05) is 0 Å². The van der Waals surface area contributed by atoms with Gasteiger partial charge in [0.1, 0.15) is 12.1 Å². The Morgan fingerprint density at radius 1 is 1.17 bits per heavy atom. The van der Waals surface area contributed by atoms with Crippen molar-refractivity contribution in [3.8, 4) is 11.5 Å². The molecule has 0 aliphatic carbocycles. The van der Waals surface area contributed by atoms with Crippen LogP contribution in [0.1, 0.15) is 5.56 Å². The molecule has 0 saturated carbocycles. The molecular formula is C18H19N3O2. The van der Waals surface area contributed by atoms with E-state index in [4.69, 9.17) is 9.47 Å². The van der Waals surface area contributed by atoms with Gasteiger partial charge in [-0.2, -0.15) is 0 Å².